The molecule has 28 heavy (non-hydrogen) atoms. The monoisotopic (exact) mass is 404 g/mol. The van der Waals surface area contributed by atoms with Gasteiger partial charge in [-0.3, -0.25) is 9.59 Å². The summed E-state index contributed by atoms with van der Waals surface area (Å²) in [6, 6.07) is -0.658. The van der Waals surface area contributed by atoms with E-state index in [0.29, 0.717) is 12.2 Å². The molecule has 0 aromatic carbocycles. The summed E-state index contributed by atoms with van der Waals surface area (Å²) < 4.78 is 2.10. The Morgan fingerprint density at radius 1 is 1.29 bits per heavy atom. The Balaban J connectivity index is 2.01. The Kier molecular flexibility index (Phi) is 5.85. The van der Waals surface area contributed by atoms with E-state index >= 15 is 0 Å². The molecule has 9 heteroatoms. The van der Waals surface area contributed by atoms with Gasteiger partial charge in [0, 0.05) is 31.7 Å². The summed E-state index contributed by atoms with van der Waals surface area (Å²) in [6.07, 6.45) is 2.72. The summed E-state index contributed by atoms with van der Waals surface area (Å²) in [4.78, 5) is 36.8. The number of fused-ring (bicyclic) bond motifs is 1. The lowest BCUT2D eigenvalue weighted by Crippen LogP contribution is -2.53. The third kappa shape index (κ3) is 4.10. The highest BCUT2D eigenvalue weighted by Gasteiger charge is 2.34. The highest BCUT2D eigenvalue weighted by atomic mass is 32.1. The maximum absolute atomic E-state index is 13.2. The first-order chi connectivity index (χ1) is 13.2. The number of nitrogens with one attached hydrogen (secondary N) is 2. The maximum Gasteiger partial charge on any atom is 0.272 e. The second kappa shape index (κ2) is 8.00. The average molecular weight is 405 g/mol. The van der Waals surface area contributed by atoms with E-state index in [4.69, 9.17) is 0 Å². The molecule has 2 N–H and O–H groups in total. The molecule has 0 saturated carbocycles. The standard InChI is InChI=1S/C19H28N6O2S/c1-19(2,3)14(17(27)20-4)23-16(26)13-12-11-24(5)8-6-9-25(12)15(22-13)18-21-7-10-28-18/h7,10,14H,6,8-9,11H2,1-5H3,(H,20,27)(H,23,26). The number of thiazole rings is 1. The van der Waals surface area contributed by atoms with Gasteiger partial charge in [0.1, 0.15) is 6.04 Å². The number of carbonyl (C=O) groups excluding carboxylic acids is 2. The predicted octanol–water partition coefficient (Wildman–Crippen LogP) is 1.73. The van der Waals surface area contributed by atoms with Crippen LogP contribution in [0, 0.1) is 5.41 Å². The van der Waals surface area contributed by atoms with Gasteiger partial charge in [-0.25, -0.2) is 9.97 Å². The van der Waals surface area contributed by atoms with Crippen LogP contribution in [0.1, 0.15) is 43.4 Å². The summed E-state index contributed by atoms with van der Waals surface area (Å²) >= 11 is 1.50. The summed E-state index contributed by atoms with van der Waals surface area (Å²) in [5.41, 5.74) is 0.811. The van der Waals surface area contributed by atoms with Gasteiger partial charge in [-0.15, -0.1) is 11.3 Å². The lowest BCUT2D eigenvalue weighted by atomic mass is 9.86. The second-order valence-corrected chi connectivity index (χ2v) is 9.09. The summed E-state index contributed by atoms with van der Waals surface area (Å²) in [6.45, 7) is 8.14. The van der Waals surface area contributed by atoms with Gasteiger partial charge in [0.15, 0.2) is 16.5 Å². The molecule has 0 bridgehead atoms. The van der Waals surface area contributed by atoms with Crippen LogP contribution in [-0.2, 0) is 17.9 Å². The number of rotatable bonds is 4. The number of hydrogen-bond donors (Lipinski definition) is 2. The first-order valence-corrected chi connectivity index (χ1v) is 10.3. The Hall–Kier alpha value is -2.26. The third-order valence-corrected chi connectivity index (χ3v) is 5.67. The average Bonchev–Trinajstić information content (AvgIpc) is 3.22. The van der Waals surface area contributed by atoms with Crippen molar-refractivity contribution in [2.45, 2.75) is 46.3 Å². The minimum atomic E-state index is -0.658. The predicted molar refractivity (Wildman–Crippen MR) is 109 cm³/mol. The molecule has 0 fully saturated rings. The van der Waals surface area contributed by atoms with Crippen molar-refractivity contribution in [1.29, 1.82) is 0 Å². The molecule has 0 radical (unpaired) electrons. The van der Waals surface area contributed by atoms with Crippen LogP contribution in [0.25, 0.3) is 10.8 Å². The highest BCUT2D eigenvalue weighted by Crippen LogP contribution is 2.28. The van der Waals surface area contributed by atoms with E-state index in [9.17, 15) is 9.59 Å². The van der Waals surface area contributed by atoms with E-state index in [2.05, 4.69) is 30.1 Å². The Morgan fingerprint density at radius 2 is 2.04 bits per heavy atom. The largest absolute Gasteiger partial charge is 0.357 e. The molecule has 1 unspecified atom stereocenters. The van der Waals surface area contributed by atoms with Gasteiger partial charge in [0.2, 0.25) is 5.91 Å². The van der Waals surface area contributed by atoms with Crippen LogP contribution in [0.2, 0.25) is 0 Å². The molecule has 3 heterocycles. The molecule has 2 amide bonds. The van der Waals surface area contributed by atoms with E-state index in [-0.39, 0.29) is 11.8 Å². The highest BCUT2D eigenvalue weighted by molar-refractivity contribution is 7.13. The van der Waals surface area contributed by atoms with Crippen LogP contribution in [-0.4, -0.2) is 57.9 Å². The number of imidazole rings is 1. The number of aromatic nitrogens is 3. The molecule has 1 aliphatic rings. The molecule has 2 aromatic heterocycles. The number of carbonyl (C=O) groups is 2. The van der Waals surface area contributed by atoms with Crippen molar-refractivity contribution < 1.29 is 9.59 Å². The van der Waals surface area contributed by atoms with Crippen LogP contribution in [0.3, 0.4) is 0 Å². The van der Waals surface area contributed by atoms with Gasteiger partial charge >= 0.3 is 0 Å². The molecule has 0 spiro atoms. The van der Waals surface area contributed by atoms with Crippen molar-refractivity contribution in [3.05, 3.63) is 23.0 Å². The zero-order valence-electron chi connectivity index (χ0n) is 17.1. The molecule has 152 valence electrons. The molecule has 3 rings (SSSR count). The van der Waals surface area contributed by atoms with Crippen molar-refractivity contribution in [2.75, 3.05) is 20.6 Å². The van der Waals surface area contributed by atoms with E-state index in [1.807, 2.05) is 33.2 Å². The first kappa shape index (κ1) is 20.5. The zero-order chi connectivity index (χ0) is 20.5. The third-order valence-electron chi connectivity index (χ3n) is 4.90. The fourth-order valence-corrected chi connectivity index (χ4v) is 4.05. The number of amides is 2. The smallest absolute Gasteiger partial charge is 0.272 e. The zero-order valence-corrected chi connectivity index (χ0v) is 17.9. The Labute approximate surface area is 169 Å². The SMILES string of the molecule is CNC(=O)C(NC(=O)c1nc(-c2nccs2)n2c1CN(C)CCC2)C(C)(C)C. The minimum absolute atomic E-state index is 0.219. The van der Waals surface area contributed by atoms with Gasteiger partial charge in [-0.1, -0.05) is 20.8 Å². The first-order valence-electron chi connectivity index (χ1n) is 9.42. The number of nitrogens with zero attached hydrogens (tertiary/aromatic N) is 4. The van der Waals surface area contributed by atoms with Crippen molar-refractivity contribution in [1.82, 2.24) is 30.1 Å². The van der Waals surface area contributed by atoms with Crippen molar-refractivity contribution in [3.63, 3.8) is 0 Å². The molecular formula is C19H28N6O2S. The molecule has 0 aliphatic carbocycles. The minimum Gasteiger partial charge on any atom is -0.357 e. The molecule has 0 saturated heterocycles. The van der Waals surface area contributed by atoms with Crippen LogP contribution in [0.5, 0.6) is 0 Å². The summed E-state index contributed by atoms with van der Waals surface area (Å²) in [5, 5.41) is 8.24. The van der Waals surface area contributed by atoms with Gasteiger partial charge in [-0.2, -0.15) is 0 Å². The van der Waals surface area contributed by atoms with Crippen LogP contribution in [0.15, 0.2) is 11.6 Å². The van der Waals surface area contributed by atoms with E-state index in [0.717, 1.165) is 36.0 Å². The van der Waals surface area contributed by atoms with E-state index < -0.39 is 11.5 Å². The Morgan fingerprint density at radius 3 is 2.64 bits per heavy atom. The van der Waals surface area contributed by atoms with Crippen molar-refractivity contribution in [3.8, 4) is 10.8 Å². The van der Waals surface area contributed by atoms with Gasteiger partial charge in [0.05, 0.1) is 5.69 Å². The molecular weight excluding hydrogens is 376 g/mol. The molecule has 8 nitrogen and oxygen atoms in total. The van der Waals surface area contributed by atoms with Crippen LogP contribution >= 0.6 is 11.3 Å². The summed E-state index contributed by atoms with van der Waals surface area (Å²) in [5.74, 6) is 0.173. The number of likely N-dealkylation sites (N-methyl/N-ethyl adjacent to an activating group) is 1. The normalized spacial score (nSPS) is 16.2. The lowest BCUT2D eigenvalue weighted by Gasteiger charge is -2.29. The van der Waals surface area contributed by atoms with Gasteiger partial charge in [0.25, 0.3) is 5.91 Å². The quantitative estimate of drug-likeness (QED) is 0.810. The number of hydrogen-bond acceptors (Lipinski definition) is 6. The molecule has 2 aromatic rings. The molecule has 1 atom stereocenters. The second-order valence-electron chi connectivity index (χ2n) is 8.20. The van der Waals surface area contributed by atoms with Crippen LogP contribution < -0.4 is 10.6 Å². The van der Waals surface area contributed by atoms with Crippen molar-refractivity contribution in [2.24, 2.45) is 5.41 Å². The van der Waals surface area contributed by atoms with Gasteiger partial charge in [-0.05, 0) is 25.4 Å². The van der Waals surface area contributed by atoms with E-state index in [1.165, 1.54) is 11.3 Å². The van der Waals surface area contributed by atoms with E-state index in [1.54, 1.807) is 13.2 Å². The lowest BCUT2D eigenvalue weighted by molar-refractivity contribution is -0.124. The van der Waals surface area contributed by atoms with Gasteiger partial charge < -0.3 is 20.1 Å². The fourth-order valence-electron chi connectivity index (χ4n) is 3.42. The maximum atomic E-state index is 13.2. The Bertz CT molecular complexity index is 853. The molecule has 1 aliphatic heterocycles. The summed E-state index contributed by atoms with van der Waals surface area (Å²) in [7, 11) is 3.61. The van der Waals surface area contributed by atoms with Crippen LogP contribution in [0.4, 0.5) is 0 Å². The topological polar surface area (TPSA) is 92.1 Å². The fraction of sp³-hybridized carbons (Fsp3) is 0.579. The van der Waals surface area contributed by atoms with Crippen molar-refractivity contribution >= 4 is 23.2 Å².